The van der Waals surface area contributed by atoms with Crippen LogP contribution in [-0.4, -0.2) is 47.4 Å². The van der Waals surface area contributed by atoms with E-state index in [1.165, 1.54) is 257 Å². The Labute approximate surface area is 425 Å². The molecule has 6 nitrogen and oxygen atoms in total. The molecule has 0 aromatic rings. The fourth-order valence-electron chi connectivity index (χ4n) is 9.81. The maximum Gasteiger partial charge on any atom is 0.305 e. The first kappa shape index (κ1) is 66.6. The Morgan fingerprint density at radius 2 is 0.691 bits per heavy atom. The van der Waals surface area contributed by atoms with Gasteiger partial charge in [-0.05, 0) is 51.4 Å². The normalized spacial score (nSPS) is 12.6. The molecule has 0 bridgehead atoms. The Balaban J connectivity index is 3.44. The minimum absolute atomic E-state index is 0.0108. The number of aliphatic hydroxyl groups excluding tert-OH is 2. The van der Waals surface area contributed by atoms with Crippen molar-refractivity contribution in [2.75, 3.05) is 13.2 Å². The van der Waals surface area contributed by atoms with Crippen molar-refractivity contribution < 1.29 is 24.5 Å². The molecule has 3 N–H and O–H groups in total. The number of unbranched alkanes of at least 4 members (excludes halogenated alkanes) is 45. The first-order chi connectivity index (χ1) is 33.5. The average molecular weight is 961 g/mol. The topological polar surface area (TPSA) is 95.9 Å². The van der Waals surface area contributed by atoms with Gasteiger partial charge in [-0.2, -0.15) is 0 Å². The highest BCUT2D eigenvalue weighted by atomic mass is 16.5. The van der Waals surface area contributed by atoms with Crippen LogP contribution in [0.1, 0.15) is 348 Å². The lowest BCUT2D eigenvalue weighted by molar-refractivity contribution is -0.143. The highest BCUT2D eigenvalue weighted by Gasteiger charge is 2.20. The second-order valence-electron chi connectivity index (χ2n) is 21.4. The van der Waals surface area contributed by atoms with Gasteiger partial charge in [0.25, 0.3) is 0 Å². The van der Waals surface area contributed by atoms with Crippen LogP contribution in [0.3, 0.4) is 0 Å². The van der Waals surface area contributed by atoms with Crippen molar-refractivity contribution in [3.05, 3.63) is 12.2 Å². The summed E-state index contributed by atoms with van der Waals surface area (Å²) in [6, 6.07) is -0.554. The van der Waals surface area contributed by atoms with Gasteiger partial charge in [0.05, 0.1) is 25.4 Å². The summed E-state index contributed by atoms with van der Waals surface area (Å²) in [4.78, 5) is 24.6. The van der Waals surface area contributed by atoms with E-state index in [9.17, 15) is 19.8 Å². The highest BCUT2D eigenvalue weighted by Crippen LogP contribution is 2.18. The number of esters is 1. The molecule has 1 amide bonds. The fourth-order valence-corrected chi connectivity index (χ4v) is 9.81. The minimum Gasteiger partial charge on any atom is -0.466 e. The Morgan fingerprint density at radius 1 is 0.397 bits per heavy atom. The molecule has 0 aromatic heterocycles. The van der Waals surface area contributed by atoms with Gasteiger partial charge in [0.2, 0.25) is 5.91 Å². The molecule has 0 aliphatic rings. The molecule has 0 rings (SSSR count). The van der Waals surface area contributed by atoms with Gasteiger partial charge in [-0.3, -0.25) is 9.59 Å². The van der Waals surface area contributed by atoms with Crippen molar-refractivity contribution in [3.8, 4) is 0 Å². The summed E-state index contributed by atoms with van der Waals surface area (Å²) in [6.07, 6.45) is 69.2. The third-order valence-corrected chi connectivity index (χ3v) is 14.6. The van der Waals surface area contributed by atoms with Crippen LogP contribution in [0.4, 0.5) is 0 Å². The number of ether oxygens (including phenoxy) is 1. The van der Waals surface area contributed by atoms with E-state index in [1.54, 1.807) is 0 Å². The molecule has 0 radical (unpaired) electrons. The van der Waals surface area contributed by atoms with Crippen LogP contribution in [0.2, 0.25) is 0 Å². The van der Waals surface area contributed by atoms with Gasteiger partial charge in [0.15, 0.2) is 0 Å². The van der Waals surface area contributed by atoms with Gasteiger partial charge in [-0.25, -0.2) is 0 Å². The van der Waals surface area contributed by atoms with E-state index in [1.807, 2.05) is 0 Å². The summed E-state index contributed by atoms with van der Waals surface area (Å²) in [7, 11) is 0. The molecule has 0 heterocycles. The molecular weight excluding hydrogens is 839 g/mol. The summed E-state index contributed by atoms with van der Waals surface area (Å²) >= 11 is 0. The van der Waals surface area contributed by atoms with Crippen LogP contribution >= 0.6 is 0 Å². The predicted octanol–water partition coefficient (Wildman–Crippen LogP) is 19.2. The highest BCUT2D eigenvalue weighted by molar-refractivity contribution is 5.76. The van der Waals surface area contributed by atoms with E-state index < -0.39 is 12.1 Å². The SMILES string of the molecule is CCCCCCCCC/C=C\CCCCCCCCCC(=O)OCCCCCCCCCCCCCCC(=O)NC(CO)C(O)CCCCCCCCCCCCCCCCCCCCCCC. The van der Waals surface area contributed by atoms with E-state index in [0.717, 1.165) is 57.8 Å². The minimum atomic E-state index is -0.675. The zero-order chi connectivity index (χ0) is 49.3. The molecular formula is C62H121NO5. The molecule has 2 unspecified atom stereocenters. The van der Waals surface area contributed by atoms with Gasteiger partial charge in [-0.15, -0.1) is 0 Å². The molecule has 0 aliphatic heterocycles. The van der Waals surface area contributed by atoms with Gasteiger partial charge in [-0.1, -0.05) is 296 Å². The lowest BCUT2D eigenvalue weighted by Crippen LogP contribution is -2.45. The Hall–Kier alpha value is -1.40. The van der Waals surface area contributed by atoms with Gasteiger partial charge >= 0.3 is 5.97 Å². The van der Waals surface area contributed by atoms with E-state index in [2.05, 4.69) is 31.3 Å². The largest absolute Gasteiger partial charge is 0.466 e. The lowest BCUT2D eigenvalue weighted by Gasteiger charge is -2.22. The van der Waals surface area contributed by atoms with Crippen LogP contribution in [0.25, 0.3) is 0 Å². The molecule has 68 heavy (non-hydrogen) atoms. The number of rotatable bonds is 58. The first-order valence-corrected chi connectivity index (χ1v) is 30.9. The van der Waals surface area contributed by atoms with E-state index >= 15 is 0 Å². The number of amides is 1. The molecule has 0 saturated heterocycles. The number of aliphatic hydroxyl groups is 2. The van der Waals surface area contributed by atoms with E-state index in [-0.39, 0.29) is 18.5 Å². The number of nitrogens with one attached hydrogen (secondary N) is 1. The molecule has 0 saturated carbocycles. The van der Waals surface area contributed by atoms with Crippen LogP contribution in [0.15, 0.2) is 12.2 Å². The number of carbonyl (C=O) groups is 2. The summed E-state index contributed by atoms with van der Waals surface area (Å²) in [6.45, 7) is 4.95. The average Bonchev–Trinajstić information content (AvgIpc) is 3.34. The van der Waals surface area contributed by atoms with Crippen molar-refractivity contribution in [2.24, 2.45) is 0 Å². The fraction of sp³-hybridized carbons (Fsp3) is 0.935. The van der Waals surface area contributed by atoms with Gasteiger partial charge < -0.3 is 20.3 Å². The summed E-state index contributed by atoms with van der Waals surface area (Å²) in [5, 5.41) is 23.4. The molecule has 0 fully saturated rings. The zero-order valence-electron chi connectivity index (χ0n) is 46.1. The molecule has 6 heteroatoms. The summed E-state index contributed by atoms with van der Waals surface area (Å²) < 4.78 is 5.48. The van der Waals surface area contributed by atoms with Crippen molar-refractivity contribution in [1.29, 1.82) is 0 Å². The number of allylic oxidation sites excluding steroid dienone is 2. The maximum absolute atomic E-state index is 12.5. The predicted molar refractivity (Wildman–Crippen MR) is 297 cm³/mol. The number of carbonyl (C=O) groups excluding carboxylic acids is 2. The summed E-state index contributed by atoms with van der Waals surface area (Å²) in [5.74, 6) is -0.0575. The second kappa shape index (κ2) is 58.2. The molecule has 404 valence electrons. The van der Waals surface area contributed by atoms with Crippen LogP contribution in [-0.2, 0) is 14.3 Å². The van der Waals surface area contributed by atoms with E-state index in [4.69, 9.17) is 4.74 Å². The lowest BCUT2D eigenvalue weighted by atomic mass is 10.0. The Morgan fingerprint density at radius 3 is 1.04 bits per heavy atom. The molecule has 2 atom stereocenters. The standard InChI is InChI=1S/C62H121NO5/c1-3-5-7-9-11-13-15-17-19-21-23-24-25-26-28-30-34-38-42-46-50-54-60(65)59(58-64)63-61(66)55-51-47-43-39-35-32-33-37-41-45-49-53-57-68-62(67)56-52-48-44-40-36-31-29-27-22-20-18-16-14-12-10-8-6-4-2/h20,22,59-60,64-65H,3-19,21,23-58H2,1-2H3,(H,63,66)/b22-20-. The van der Waals surface area contributed by atoms with Crippen LogP contribution in [0, 0.1) is 0 Å². The number of hydrogen-bond donors (Lipinski definition) is 3. The van der Waals surface area contributed by atoms with E-state index in [0.29, 0.717) is 25.9 Å². The third kappa shape index (κ3) is 53.9. The number of hydrogen-bond acceptors (Lipinski definition) is 5. The quantitative estimate of drug-likeness (QED) is 0.0321. The maximum atomic E-state index is 12.5. The first-order valence-electron chi connectivity index (χ1n) is 30.9. The van der Waals surface area contributed by atoms with Gasteiger partial charge in [0, 0.05) is 12.8 Å². The zero-order valence-corrected chi connectivity index (χ0v) is 46.1. The van der Waals surface area contributed by atoms with Crippen molar-refractivity contribution >= 4 is 11.9 Å². The van der Waals surface area contributed by atoms with Crippen molar-refractivity contribution in [2.45, 2.75) is 360 Å². The molecule has 0 aromatic carbocycles. The van der Waals surface area contributed by atoms with Crippen LogP contribution < -0.4 is 5.32 Å². The monoisotopic (exact) mass is 960 g/mol. The second-order valence-corrected chi connectivity index (χ2v) is 21.4. The van der Waals surface area contributed by atoms with Crippen LogP contribution in [0.5, 0.6) is 0 Å². The molecule has 0 aliphatic carbocycles. The summed E-state index contributed by atoms with van der Waals surface area (Å²) in [5.41, 5.74) is 0. The third-order valence-electron chi connectivity index (χ3n) is 14.6. The Kier molecular flexibility index (Phi) is 57.0. The van der Waals surface area contributed by atoms with Crippen molar-refractivity contribution in [3.63, 3.8) is 0 Å². The Bertz CT molecular complexity index is 1020. The van der Waals surface area contributed by atoms with Crippen molar-refractivity contribution in [1.82, 2.24) is 5.32 Å². The molecule has 0 spiro atoms. The van der Waals surface area contributed by atoms with Gasteiger partial charge in [0.1, 0.15) is 0 Å². The smallest absolute Gasteiger partial charge is 0.305 e.